The largest absolute Gasteiger partial charge is 0.497 e. The summed E-state index contributed by atoms with van der Waals surface area (Å²) in [5, 5.41) is 12.4. The number of anilines is 1. The molecule has 0 saturated heterocycles. The highest BCUT2D eigenvalue weighted by Gasteiger charge is 2.10. The van der Waals surface area contributed by atoms with Crippen molar-refractivity contribution in [3.05, 3.63) is 59.7 Å². The Kier molecular flexibility index (Phi) is 4.62. The molecule has 102 valence electrons. The number of hydrogen-bond acceptors (Lipinski definition) is 3. The van der Waals surface area contributed by atoms with Crippen LogP contribution in [0, 0.1) is 11.3 Å². The van der Waals surface area contributed by atoms with Crippen LogP contribution in [0.3, 0.4) is 0 Å². The van der Waals surface area contributed by atoms with Crippen molar-refractivity contribution in [3.8, 4) is 11.8 Å². The van der Waals surface area contributed by atoms with Crippen molar-refractivity contribution in [2.45, 2.75) is 19.4 Å². The molecule has 0 heterocycles. The van der Waals surface area contributed by atoms with Crippen molar-refractivity contribution in [3.63, 3.8) is 0 Å². The smallest absolute Gasteiger partial charge is 0.119 e. The van der Waals surface area contributed by atoms with Crippen LogP contribution in [0.25, 0.3) is 0 Å². The van der Waals surface area contributed by atoms with E-state index in [1.165, 1.54) is 5.56 Å². The quantitative estimate of drug-likeness (QED) is 0.885. The third-order valence-electron chi connectivity index (χ3n) is 3.24. The van der Waals surface area contributed by atoms with Crippen molar-refractivity contribution in [2.24, 2.45) is 0 Å². The molecule has 0 saturated carbocycles. The van der Waals surface area contributed by atoms with Crippen molar-refractivity contribution in [2.75, 3.05) is 12.4 Å². The van der Waals surface area contributed by atoms with Gasteiger partial charge in [-0.05, 0) is 42.3 Å². The van der Waals surface area contributed by atoms with Gasteiger partial charge in [0, 0.05) is 5.69 Å². The topological polar surface area (TPSA) is 45.0 Å². The maximum absolute atomic E-state index is 8.94. The summed E-state index contributed by atoms with van der Waals surface area (Å²) in [6.07, 6.45) is 0.948. The van der Waals surface area contributed by atoms with Crippen molar-refractivity contribution in [1.29, 1.82) is 5.26 Å². The lowest BCUT2D eigenvalue weighted by atomic mass is 10.0. The number of benzene rings is 2. The molecular formula is C17H18N2O. The molecule has 0 spiro atoms. The van der Waals surface area contributed by atoms with E-state index in [1.807, 2.05) is 36.4 Å². The van der Waals surface area contributed by atoms with Gasteiger partial charge in [-0.1, -0.05) is 25.1 Å². The third-order valence-corrected chi connectivity index (χ3v) is 3.24. The van der Waals surface area contributed by atoms with Crippen molar-refractivity contribution >= 4 is 5.69 Å². The van der Waals surface area contributed by atoms with Crippen LogP contribution < -0.4 is 10.1 Å². The van der Waals surface area contributed by atoms with Gasteiger partial charge in [0.25, 0.3) is 0 Å². The fourth-order valence-electron chi connectivity index (χ4n) is 2.16. The van der Waals surface area contributed by atoms with E-state index in [9.17, 15) is 0 Å². The van der Waals surface area contributed by atoms with E-state index in [0.717, 1.165) is 17.9 Å². The minimum absolute atomic E-state index is 0.194. The van der Waals surface area contributed by atoms with Crippen LogP contribution in [0.1, 0.15) is 30.5 Å². The van der Waals surface area contributed by atoms with E-state index in [-0.39, 0.29) is 6.04 Å². The van der Waals surface area contributed by atoms with E-state index in [0.29, 0.717) is 5.56 Å². The standard InChI is InChI=1S/C17H18N2O/c1-3-17(14-7-5-9-16(11-14)20-2)19-15-8-4-6-13(10-15)12-18/h4-11,17,19H,3H2,1-2H3. The lowest BCUT2D eigenvalue weighted by Gasteiger charge is -2.19. The molecule has 0 aliphatic rings. The molecule has 3 heteroatoms. The van der Waals surface area contributed by atoms with Gasteiger partial charge < -0.3 is 10.1 Å². The molecule has 1 N–H and O–H groups in total. The number of nitriles is 1. The number of nitrogens with one attached hydrogen (secondary N) is 1. The minimum atomic E-state index is 0.194. The van der Waals surface area contributed by atoms with Gasteiger partial charge in [0.15, 0.2) is 0 Å². The Morgan fingerprint density at radius 1 is 1.20 bits per heavy atom. The molecule has 0 radical (unpaired) electrons. The molecule has 0 fully saturated rings. The maximum atomic E-state index is 8.94. The molecule has 2 aromatic carbocycles. The Hall–Kier alpha value is -2.47. The van der Waals surface area contributed by atoms with Gasteiger partial charge in [-0.3, -0.25) is 0 Å². The molecular weight excluding hydrogens is 248 g/mol. The second-order valence-corrected chi connectivity index (χ2v) is 4.57. The first kappa shape index (κ1) is 14.0. The SMILES string of the molecule is CCC(Nc1cccc(C#N)c1)c1cccc(OC)c1. The molecule has 2 aromatic rings. The van der Waals surface area contributed by atoms with Gasteiger partial charge in [0.05, 0.1) is 24.8 Å². The van der Waals surface area contributed by atoms with Gasteiger partial charge in [0.1, 0.15) is 5.75 Å². The maximum Gasteiger partial charge on any atom is 0.119 e. The Morgan fingerprint density at radius 3 is 2.70 bits per heavy atom. The minimum Gasteiger partial charge on any atom is -0.497 e. The molecule has 0 aliphatic carbocycles. The van der Waals surface area contributed by atoms with Crippen LogP contribution in [0.2, 0.25) is 0 Å². The zero-order chi connectivity index (χ0) is 14.4. The van der Waals surface area contributed by atoms with E-state index in [2.05, 4.69) is 24.4 Å². The third kappa shape index (κ3) is 3.30. The van der Waals surface area contributed by atoms with Gasteiger partial charge >= 0.3 is 0 Å². The van der Waals surface area contributed by atoms with Gasteiger partial charge in [-0.15, -0.1) is 0 Å². The number of ether oxygens (including phenoxy) is 1. The highest BCUT2D eigenvalue weighted by molar-refractivity contribution is 5.51. The lowest BCUT2D eigenvalue weighted by molar-refractivity contribution is 0.414. The summed E-state index contributed by atoms with van der Waals surface area (Å²) < 4.78 is 5.27. The number of nitrogens with zero attached hydrogens (tertiary/aromatic N) is 1. The predicted octanol–water partition coefficient (Wildman–Crippen LogP) is 4.13. The molecule has 0 amide bonds. The summed E-state index contributed by atoms with van der Waals surface area (Å²) in [6, 6.07) is 17.9. The monoisotopic (exact) mass is 266 g/mol. The molecule has 3 nitrogen and oxygen atoms in total. The van der Waals surface area contributed by atoms with E-state index in [4.69, 9.17) is 10.00 Å². The predicted molar refractivity (Wildman–Crippen MR) is 80.8 cm³/mol. The Labute approximate surface area is 119 Å². The summed E-state index contributed by atoms with van der Waals surface area (Å²) in [5.74, 6) is 0.855. The van der Waals surface area contributed by atoms with Gasteiger partial charge in [0.2, 0.25) is 0 Å². The van der Waals surface area contributed by atoms with Crippen LogP contribution in [-0.2, 0) is 0 Å². The first-order valence-corrected chi connectivity index (χ1v) is 6.67. The fourth-order valence-corrected chi connectivity index (χ4v) is 2.16. The number of methoxy groups -OCH3 is 1. The normalized spacial score (nSPS) is 11.4. The lowest BCUT2D eigenvalue weighted by Crippen LogP contribution is -2.09. The molecule has 1 unspecified atom stereocenters. The van der Waals surface area contributed by atoms with Crippen molar-refractivity contribution < 1.29 is 4.74 Å². The summed E-state index contributed by atoms with van der Waals surface area (Å²) in [4.78, 5) is 0. The van der Waals surface area contributed by atoms with Crippen LogP contribution in [-0.4, -0.2) is 7.11 Å². The number of rotatable bonds is 5. The summed E-state index contributed by atoms with van der Waals surface area (Å²) in [5.41, 5.74) is 2.79. The fraction of sp³-hybridized carbons (Fsp3) is 0.235. The second kappa shape index (κ2) is 6.63. The van der Waals surface area contributed by atoms with Gasteiger partial charge in [-0.2, -0.15) is 5.26 Å². The highest BCUT2D eigenvalue weighted by atomic mass is 16.5. The molecule has 0 bridgehead atoms. The summed E-state index contributed by atoms with van der Waals surface area (Å²) >= 11 is 0. The van der Waals surface area contributed by atoms with E-state index >= 15 is 0 Å². The van der Waals surface area contributed by atoms with Crippen LogP contribution in [0.15, 0.2) is 48.5 Å². The average molecular weight is 266 g/mol. The van der Waals surface area contributed by atoms with Crippen LogP contribution in [0.5, 0.6) is 5.75 Å². The molecule has 0 aromatic heterocycles. The molecule has 1 atom stereocenters. The molecule has 20 heavy (non-hydrogen) atoms. The second-order valence-electron chi connectivity index (χ2n) is 4.57. The zero-order valence-corrected chi connectivity index (χ0v) is 11.8. The Balaban J connectivity index is 2.21. The summed E-state index contributed by atoms with van der Waals surface area (Å²) in [6.45, 7) is 2.13. The molecule has 2 rings (SSSR count). The van der Waals surface area contributed by atoms with Crippen molar-refractivity contribution in [1.82, 2.24) is 0 Å². The first-order valence-electron chi connectivity index (χ1n) is 6.67. The van der Waals surface area contributed by atoms with E-state index < -0.39 is 0 Å². The molecule has 0 aliphatic heterocycles. The van der Waals surface area contributed by atoms with Crippen LogP contribution in [0.4, 0.5) is 5.69 Å². The zero-order valence-electron chi connectivity index (χ0n) is 11.8. The highest BCUT2D eigenvalue weighted by Crippen LogP contribution is 2.25. The Morgan fingerprint density at radius 2 is 2.00 bits per heavy atom. The first-order chi connectivity index (χ1) is 9.76. The Bertz CT molecular complexity index is 616. The van der Waals surface area contributed by atoms with Crippen LogP contribution >= 0.6 is 0 Å². The summed E-state index contributed by atoms with van der Waals surface area (Å²) in [7, 11) is 1.67. The average Bonchev–Trinajstić information content (AvgIpc) is 2.52. The number of hydrogen-bond donors (Lipinski definition) is 1. The van der Waals surface area contributed by atoms with E-state index in [1.54, 1.807) is 13.2 Å². The van der Waals surface area contributed by atoms with Gasteiger partial charge in [-0.25, -0.2) is 0 Å².